The molecule has 0 aliphatic carbocycles. The van der Waals surface area contributed by atoms with Gasteiger partial charge in [-0.15, -0.1) is 0 Å². The van der Waals surface area contributed by atoms with Gasteiger partial charge in [0.25, 0.3) is 5.06 Å². The maximum Gasteiger partial charge on any atom is 0.323 e. The van der Waals surface area contributed by atoms with Gasteiger partial charge in [-0.3, -0.25) is 14.9 Å². The number of benzene rings is 1. The lowest BCUT2D eigenvalue weighted by molar-refractivity contribution is -0.385. The fourth-order valence-corrected chi connectivity index (χ4v) is 2.79. The Morgan fingerprint density at radius 1 is 1.24 bits per heavy atom. The Bertz CT molecular complexity index is 734. The molecule has 0 bridgehead atoms. The standard InChI is InChI=1S/C15H15NO4S/c1-8-5-6-9(2)14(10(8)3)20-15-12(16(18)19)7-13(21-15)11(4)17/h5-7H,1-4H3. The molecule has 1 aromatic carbocycles. The van der Waals surface area contributed by atoms with Crippen LogP contribution in [0.5, 0.6) is 10.8 Å². The topological polar surface area (TPSA) is 69.4 Å². The summed E-state index contributed by atoms with van der Waals surface area (Å²) in [5.41, 5.74) is 2.69. The van der Waals surface area contributed by atoms with Gasteiger partial charge >= 0.3 is 5.69 Å². The van der Waals surface area contributed by atoms with Crippen molar-refractivity contribution in [3.05, 3.63) is 49.9 Å². The van der Waals surface area contributed by atoms with Crippen molar-refractivity contribution in [1.82, 2.24) is 0 Å². The molecule has 0 spiro atoms. The predicted octanol–water partition coefficient (Wildman–Crippen LogP) is 4.58. The van der Waals surface area contributed by atoms with Crippen molar-refractivity contribution >= 4 is 22.8 Å². The van der Waals surface area contributed by atoms with E-state index in [0.29, 0.717) is 10.6 Å². The van der Waals surface area contributed by atoms with E-state index in [4.69, 9.17) is 4.74 Å². The van der Waals surface area contributed by atoms with Crippen LogP contribution in [-0.4, -0.2) is 10.7 Å². The number of nitro groups is 1. The quantitative estimate of drug-likeness (QED) is 0.471. The van der Waals surface area contributed by atoms with E-state index in [1.807, 2.05) is 32.9 Å². The fraction of sp³-hybridized carbons (Fsp3) is 0.267. The second-order valence-corrected chi connectivity index (χ2v) is 5.87. The van der Waals surface area contributed by atoms with Gasteiger partial charge in [0.1, 0.15) is 5.75 Å². The summed E-state index contributed by atoms with van der Waals surface area (Å²) in [6, 6.07) is 5.15. The molecule has 0 unspecified atom stereocenters. The average Bonchev–Trinajstić information content (AvgIpc) is 2.83. The highest BCUT2D eigenvalue weighted by Crippen LogP contribution is 2.42. The number of carbonyl (C=O) groups excluding carboxylic acids is 1. The lowest BCUT2D eigenvalue weighted by Gasteiger charge is -2.11. The summed E-state index contributed by atoms with van der Waals surface area (Å²) in [5, 5.41) is 11.2. The van der Waals surface area contributed by atoms with E-state index in [1.165, 1.54) is 13.0 Å². The van der Waals surface area contributed by atoms with Gasteiger partial charge in [-0.2, -0.15) is 0 Å². The molecule has 2 aromatic rings. The SMILES string of the molecule is CC(=O)c1cc([N+](=O)[O-])c(Oc2c(C)ccc(C)c2C)s1. The second-order valence-electron chi connectivity index (χ2n) is 4.85. The number of carbonyl (C=O) groups is 1. The number of aryl methyl sites for hydroxylation is 2. The third kappa shape index (κ3) is 2.95. The minimum absolute atomic E-state index is 0.141. The van der Waals surface area contributed by atoms with Gasteiger partial charge in [0, 0.05) is 6.07 Å². The van der Waals surface area contributed by atoms with Crippen LogP contribution in [0.25, 0.3) is 0 Å². The Labute approximate surface area is 126 Å². The molecule has 5 nitrogen and oxygen atoms in total. The van der Waals surface area contributed by atoms with E-state index < -0.39 is 4.92 Å². The number of rotatable bonds is 4. The van der Waals surface area contributed by atoms with Gasteiger partial charge in [0.15, 0.2) is 5.78 Å². The van der Waals surface area contributed by atoms with Gasteiger partial charge < -0.3 is 4.74 Å². The Hall–Kier alpha value is -2.21. The van der Waals surface area contributed by atoms with Crippen molar-refractivity contribution in [1.29, 1.82) is 0 Å². The molecule has 0 N–H and O–H groups in total. The molecule has 1 heterocycles. The first-order chi connectivity index (χ1) is 9.81. The van der Waals surface area contributed by atoms with E-state index in [2.05, 4.69) is 0 Å². The Morgan fingerprint density at radius 2 is 1.86 bits per heavy atom. The van der Waals surface area contributed by atoms with Crippen LogP contribution >= 0.6 is 11.3 Å². The number of hydrogen-bond acceptors (Lipinski definition) is 5. The summed E-state index contributed by atoms with van der Waals surface area (Å²) in [5.74, 6) is 0.394. The molecule has 0 saturated heterocycles. The van der Waals surface area contributed by atoms with E-state index in [1.54, 1.807) is 0 Å². The normalized spacial score (nSPS) is 10.5. The highest BCUT2D eigenvalue weighted by Gasteiger charge is 2.24. The second kappa shape index (κ2) is 5.65. The van der Waals surface area contributed by atoms with Crippen LogP contribution in [-0.2, 0) is 0 Å². The summed E-state index contributed by atoms with van der Waals surface area (Å²) in [6.45, 7) is 7.12. The summed E-state index contributed by atoms with van der Waals surface area (Å²) < 4.78 is 5.77. The zero-order valence-electron chi connectivity index (χ0n) is 12.2. The van der Waals surface area contributed by atoms with Gasteiger partial charge in [0.2, 0.25) is 0 Å². The van der Waals surface area contributed by atoms with Gasteiger partial charge in [-0.1, -0.05) is 23.5 Å². The minimum Gasteiger partial charge on any atom is -0.439 e. The third-order valence-electron chi connectivity index (χ3n) is 3.29. The van der Waals surface area contributed by atoms with Crippen LogP contribution in [0, 0.1) is 30.9 Å². The number of thiophene rings is 1. The summed E-state index contributed by atoms with van der Waals surface area (Å²) in [6.07, 6.45) is 0. The smallest absolute Gasteiger partial charge is 0.323 e. The number of Topliss-reactive ketones (excluding diaryl/α,β-unsaturated/α-hetero) is 1. The van der Waals surface area contributed by atoms with Crippen molar-refractivity contribution in [2.75, 3.05) is 0 Å². The van der Waals surface area contributed by atoms with Crippen LogP contribution in [0.4, 0.5) is 5.69 Å². The van der Waals surface area contributed by atoms with E-state index >= 15 is 0 Å². The van der Waals surface area contributed by atoms with Crippen LogP contribution < -0.4 is 4.74 Å². The molecular weight excluding hydrogens is 290 g/mol. The molecule has 0 aliphatic rings. The molecule has 0 fully saturated rings. The number of ether oxygens (including phenoxy) is 1. The number of nitrogens with zero attached hydrogens (tertiary/aromatic N) is 1. The predicted molar refractivity (Wildman–Crippen MR) is 81.7 cm³/mol. The minimum atomic E-state index is -0.529. The average molecular weight is 305 g/mol. The number of ketones is 1. The van der Waals surface area contributed by atoms with Gasteiger partial charge in [-0.05, 0) is 44.4 Å². The zero-order valence-corrected chi connectivity index (χ0v) is 13.0. The van der Waals surface area contributed by atoms with Crippen molar-refractivity contribution in [2.24, 2.45) is 0 Å². The highest BCUT2D eigenvalue weighted by molar-refractivity contribution is 7.16. The first-order valence-electron chi connectivity index (χ1n) is 6.35. The first-order valence-corrected chi connectivity index (χ1v) is 7.16. The summed E-state index contributed by atoms with van der Waals surface area (Å²) >= 11 is 1.00. The molecule has 0 amide bonds. The largest absolute Gasteiger partial charge is 0.439 e. The van der Waals surface area contributed by atoms with Crippen molar-refractivity contribution in [3.8, 4) is 10.8 Å². The molecule has 0 saturated carbocycles. The molecule has 2 rings (SSSR count). The van der Waals surface area contributed by atoms with E-state index in [-0.39, 0.29) is 16.5 Å². The maximum atomic E-state index is 11.4. The molecule has 0 radical (unpaired) electrons. The van der Waals surface area contributed by atoms with Crippen LogP contribution in [0.3, 0.4) is 0 Å². The zero-order chi connectivity index (χ0) is 15.7. The van der Waals surface area contributed by atoms with Crippen LogP contribution in [0.2, 0.25) is 0 Å². The van der Waals surface area contributed by atoms with Crippen LogP contribution in [0.15, 0.2) is 18.2 Å². The number of hydrogen-bond donors (Lipinski definition) is 0. The molecular formula is C15H15NO4S. The molecule has 0 atom stereocenters. The Kier molecular flexibility index (Phi) is 4.09. The molecule has 21 heavy (non-hydrogen) atoms. The van der Waals surface area contributed by atoms with E-state index in [0.717, 1.165) is 28.0 Å². The Morgan fingerprint density at radius 3 is 2.43 bits per heavy atom. The monoisotopic (exact) mass is 305 g/mol. The van der Waals surface area contributed by atoms with E-state index in [9.17, 15) is 14.9 Å². The first kappa shape index (κ1) is 15.2. The highest BCUT2D eigenvalue weighted by atomic mass is 32.1. The van der Waals surface area contributed by atoms with Crippen molar-refractivity contribution in [3.63, 3.8) is 0 Å². The fourth-order valence-electron chi connectivity index (χ4n) is 1.91. The Balaban J connectivity index is 2.51. The molecule has 6 heteroatoms. The molecule has 1 aromatic heterocycles. The lowest BCUT2D eigenvalue weighted by Crippen LogP contribution is -1.94. The van der Waals surface area contributed by atoms with Crippen molar-refractivity contribution < 1.29 is 14.5 Å². The van der Waals surface area contributed by atoms with Crippen LogP contribution in [0.1, 0.15) is 33.3 Å². The van der Waals surface area contributed by atoms with Crippen molar-refractivity contribution in [2.45, 2.75) is 27.7 Å². The van der Waals surface area contributed by atoms with Gasteiger partial charge in [0.05, 0.1) is 9.80 Å². The summed E-state index contributed by atoms with van der Waals surface area (Å²) in [4.78, 5) is 22.3. The summed E-state index contributed by atoms with van der Waals surface area (Å²) in [7, 11) is 0. The molecule has 0 aliphatic heterocycles. The third-order valence-corrected chi connectivity index (χ3v) is 4.39. The maximum absolute atomic E-state index is 11.4. The van der Waals surface area contributed by atoms with Gasteiger partial charge in [-0.25, -0.2) is 0 Å². The lowest BCUT2D eigenvalue weighted by atomic mass is 10.1. The molecule has 110 valence electrons.